The lowest BCUT2D eigenvalue weighted by Gasteiger charge is -2.37. The summed E-state index contributed by atoms with van der Waals surface area (Å²) in [6.45, 7) is 6.90. The number of sulfone groups is 1. The maximum atomic E-state index is 11.7. The van der Waals surface area contributed by atoms with Crippen LogP contribution in [0, 0.1) is 11.3 Å². The number of rotatable bonds is 5. The van der Waals surface area contributed by atoms with E-state index in [1.54, 1.807) is 0 Å². The third-order valence-electron chi connectivity index (χ3n) is 4.67. The lowest BCUT2D eigenvalue weighted by Crippen LogP contribution is -2.46. The van der Waals surface area contributed by atoms with Crippen LogP contribution in [0.2, 0.25) is 0 Å². The minimum absolute atomic E-state index is 0.0265. The van der Waals surface area contributed by atoms with E-state index in [4.69, 9.17) is 4.74 Å². The smallest absolute Gasteiger partial charge is 0.150 e. The van der Waals surface area contributed by atoms with Gasteiger partial charge in [0, 0.05) is 18.6 Å². The zero-order valence-corrected chi connectivity index (χ0v) is 12.3. The van der Waals surface area contributed by atoms with Crippen LogP contribution in [0.1, 0.15) is 33.1 Å². The molecular formula is C13H25NO3S. The van der Waals surface area contributed by atoms with Crippen LogP contribution in [0.15, 0.2) is 0 Å². The molecule has 2 aliphatic rings. The number of ether oxygens (including phenoxy) is 1. The van der Waals surface area contributed by atoms with Crippen LogP contribution in [-0.2, 0) is 14.6 Å². The lowest BCUT2D eigenvalue weighted by atomic mass is 9.70. The van der Waals surface area contributed by atoms with E-state index in [1.165, 1.54) is 0 Å². The first-order valence-electron chi connectivity index (χ1n) is 7.03. The van der Waals surface area contributed by atoms with Gasteiger partial charge in [-0.2, -0.15) is 0 Å². The van der Waals surface area contributed by atoms with Gasteiger partial charge in [0.1, 0.15) is 0 Å². The van der Waals surface area contributed by atoms with Crippen LogP contribution in [-0.4, -0.2) is 45.7 Å². The van der Waals surface area contributed by atoms with Gasteiger partial charge in [-0.15, -0.1) is 0 Å². The monoisotopic (exact) mass is 275 g/mol. The van der Waals surface area contributed by atoms with E-state index in [-0.39, 0.29) is 17.4 Å². The highest BCUT2D eigenvalue weighted by atomic mass is 32.2. The summed E-state index contributed by atoms with van der Waals surface area (Å²) in [5.41, 5.74) is 0.0265. The average molecular weight is 275 g/mol. The molecule has 0 amide bonds. The fourth-order valence-corrected chi connectivity index (χ4v) is 5.38. The maximum Gasteiger partial charge on any atom is 0.150 e. The second-order valence-electron chi connectivity index (χ2n) is 5.77. The summed E-state index contributed by atoms with van der Waals surface area (Å²) < 4.78 is 29.2. The molecule has 2 saturated heterocycles. The Hall–Kier alpha value is -0.130. The van der Waals surface area contributed by atoms with Crippen LogP contribution < -0.4 is 5.32 Å². The van der Waals surface area contributed by atoms with Crippen LogP contribution in [0.25, 0.3) is 0 Å². The van der Waals surface area contributed by atoms with Crippen LogP contribution in [0.5, 0.6) is 0 Å². The van der Waals surface area contributed by atoms with Crippen molar-refractivity contribution in [3.8, 4) is 0 Å². The third kappa shape index (κ3) is 2.73. The first-order chi connectivity index (χ1) is 8.50. The Morgan fingerprint density at radius 2 is 2.22 bits per heavy atom. The first-order valence-corrected chi connectivity index (χ1v) is 8.85. The topological polar surface area (TPSA) is 55.4 Å². The molecule has 3 atom stereocenters. The normalized spacial score (nSPS) is 39.2. The summed E-state index contributed by atoms with van der Waals surface area (Å²) in [6, 6.07) is 0. The van der Waals surface area contributed by atoms with Gasteiger partial charge in [-0.05, 0) is 38.6 Å². The molecule has 18 heavy (non-hydrogen) atoms. The maximum absolute atomic E-state index is 11.7. The van der Waals surface area contributed by atoms with Crippen molar-refractivity contribution < 1.29 is 13.2 Å². The predicted octanol–water partition coefficient (Wildman–Crippen LogP) is 1.22. The molecule has 0 spiro atoms. The van der Waals surface area contributed by atoms with Gasteiger partial charge in [0.25, 0.3) is 0 Å². The van der Waals surface area contributed by atoms with E-state index >= 15 is 0 Å². The highest BCUT2D eigenvalue weighted by Gasteiger charge is 2.50. The van der Waals surface area contributed by atoms with Crippen molar-refractivity contribution in [1.29, 1.82) is 0 Å². The zero-order chi connectivity index (χ0) is 13.2. The Labute approximate surface area is 110 Å². The molecule has 2 fully saturated rings. The van der Waals surface area contributed by atoms with Crippen molar-refractivity contribution in [1.82, 2.24) is 5.32 Å². The summed E-state index contributed by atoms with van der Waals surface area (Å²) in [4.78, 5) is 0. The Balaban J connectivity index is 2.10. The molecule has 5 heteroatoms. The minimum Gasteiger partial charge on any atom is -0.378 e. The highest BCUT2D eigenvalue weighted by molar-refractivity contribution is 7.91. The Bertz CT molecular complexity index is 382. The van der Waals surface area contributed by atoms with Crippen molar-refractivity contribution in [3.05, 3.63) is 0 Å². The van der Waals surface area contributed by atoms with Gasteiger partial charge < -0.3 is 10.1 Å². The highest BCUT2D eigenvalue weighted by Crippen LogP contribution is 2.45. The van der Waals surface area contributed by atoms with Crippen molar-refractivity contribution in [2.75, 3.05) is 31.2 Å². The van der Waals surface area contributed by atoms with Crippen LogP contribution in [0.4, 0.5) is 0 Å². The fourth-order valence-electron chi connectivity index (χ4n) is 3.45. The van der Waals surface area contributed by atoms with E-state index in [1.807, 2.05) is 0 Å². The van der Waals surface area contributed by atoms with E-state index < -0.39 is 9.84 Å². The van der Waals surface area contributed by atoms with Crippen molar-refractivity contribution in [3.63, 3.8) is 0 Å². The van der Waals surface area contributed by atoms with Gasteiger partial charge in [0.15, 0.2) is 9.84 Å². The van der Waals surface area contributed by atoms with Gasteiger partial charge >= 0.3 is 0 Å². The van der Waals surface area contributed by atoms with Gasteiger partial charge in [-0.1, -0.05) is 6.92 Å². The minimum atomic E-state index is -2.81. The molecule has 2 aliphatic heterocycles. The number of hydrogen-bond acceptors (Lipinski definition) is 4. The van der Waals surface area contributed by atoms with E-state index in [0.29, 0.717) is 11.5 Å². The summed E-state index contributed by atoms with van der Waals surface area (Å²) in [5.74, 6) is 0.985. The molecular weight excluding hydrogens is 250 g/mol. The molecule has 0 saturated carbocycles. The number of hydrogen-bond donors (Lipinski definition) is 1. The lowest BCUT2D eigenvalue weighted by molar-refractivity contribution is 0.0345. The molecule has 3 unspecified atom stereocenters. The molecule has 0 bridgehead atoms. The van der Waals surface area contributed by atoms with Crippen LogP contribution >= 0.6 is 0 Å². The number of nitrogens with one attached hydrogen (secondary N) is 1. The second-order valence-corrected chi connectivity index (χ2v) is 8.00. The SMILES string of the molecule is CCCNCC1(C2CCS(=O)(=O)C2)CCOC1C. The second kappa shape index (κ2) is 5.47. The van der Waals surface area contributed by atoms with E-state index in [2.05, 4.69) is 19.2 Å². The molecule has 106 valence electrons. The van der Waals surface area contributed by atoms with Gasteiger partial charge in [-0.3, -0.25) is 0 Å². The third-order valence-corrected chi connectivity index (χ3v) is 6.44. The van der Waals surface area contributed by atoms with Gasteiger partial charge in [0.05, 0.1) is 17.6 Å². The molecule has 0 aromatic heterocycles. The molecule has 4 nitrogen and oxygen atoms in total. The summed E-state index contributed by atoms with van der Waals surface area (Å²) in [5, 5.41) is 3.48. The van der Waals surface area contributed by atoms with Crippen molar-refractivity contribution in [2.45, 2.75) is 39.2 Å². The fraction of sp³-hybridized carbons (Fsp3) is 1.00. The molecule has 0 aromatic carbocycles. The summed E-state index contributed by atoms with van der Waals surface area (Å²) >= 11 is 0. The molecule has 1 N–H and O–H groups in total. The van der Waals surface area contributed by atoms with Gasteiger partial charge in [-0.25, -0.2) is 8.42 Å². The van der Waals surface area contributed by atoms with Crippen molar-refractivity contribution >= 4 is 9.84 Å². The Morgan fingerprint density at radius 3 is 2.72 bits per heavy atom. The summed E-state index contributed by atoms with van der Waals surface area (Å²) in [6.07, 6.45) is 3.07. The van der Waals surface area contributed by atoms with Crippen LogP contribution in [0.3, 0.4) is 0 Å². The Morgan fingerprint density at radius 1 is 1.44 bits per heavy atom. The predicted molar refractivity (Wildman–Crippen MR) is 72.4 cm³/mol. The quantitative estimate of drug-likeness (QED) is 0.766. The molecule has 0 radical (unpaired) electrons. The molecule has 2 rings (SSSR count). The van der Waals surface area contributed by atoms with Crippen molar-refractivity contribution in [2.24, 2.45) is 11.3 Å². The largest absolute Gasteiger partial charge is 0.378 e. The standard InChI is InChI=1S/C13H25NO3S/c1-3-6-14-10-13(5-7-17-11(13)2)12-4-8-18(15,16)9-12/h11-12,14H,3-10H2,1-2H3. The molecule has 0 aliphatic carbocycles. The molecule has 2 heterocycles. The average Bonchev–Trinajstić information content (AvgIpc) is 2.84. The summed E-state index contributed by atoms with van der Waals surface area (Å²) in [7, 11) is -2.81. The Kier molecular flexibility index (Phi) is 4.34. The van der Waals surface area contributed by atoms with E-state index in [9.17, 15) is 8.42 Å². The van der Waals surface area contributed by atoms with Gasteiger partial charge in [0.2, 0.25) is 0 Å². The van der Waals surface area contributed by atoms with E-state index in [0.717, 1.165) is 39.0 Å². The molecule has 0 aromatic rings. The zero-order valence-electron chi connectivity index (χ0n) is 11.4. The first kappa shape index (κ1) is 14.3.